The molecule has 0 aliphatic heterocycles. The van der Waals surface area contributed by atoms with Gasteiger partial charge in [-0.2, -0.15) is 0 Å². The van der Waals surface area contributed by atoms with Crippen LogP contribution < -0.4 is 9.47 Å². The summed E-state index contributed by atoms with van der Waals surface area (Å²) < 4.78 is 16.9. The Hall–Kier alpha value is -1.76. The molecule has 0 atom stereocenters. The molecule has 1 aromatic heterocycles. The highest BCUT2D eigenvalue weighted by atomic mass is 35.5. The summed E-state index contributed by atoms with van der Waals surface area (Å²) in [5.41, 5.74) is -1.09. The van der Waals surface area contributed by atoms with Gasteiger partial charge in [0.15, 0.2) is 5.60 Å². The molecule has 0 fully saturated rings. The van der Waals surface area contributed by atoms with E-state index >= 15 is 0 Å². The average Bonchev–Trinajstić information content (AvgIpc) is 2.50. The summed E-state index contributed by atoms with van der Waals surface area (Å²) in [6.07, 6.45) is 1.45. The molecule has 0 aliphatic carbocycles. The Labute approximate surface area is 164 Å². The zero-order chi connectivity index (χ0) is 19.5. The zero-order valence-corrected chi connectivity index (χ0v) is 17.8. The second-order valence-electron chi connectivity index (χ2n) is 7.13. The first kappa shape index (κ1) is 20.5. The molecule has 1 aromatic carbocycles. The zero-order valence-electron chi connectivity index (χ0n) is 15.3. The van der Waals surface area contributed by atoms with Gasteiger partial charge in [0.1, 0.15) is 16.5 Å². The summed E-state index contributed by atoms with van der Waals surface area (Å²) in [6, 6.07) is 8.34. The van der Waals surface area contributed by atoms with E-state index in [0.717, 1.165) is 0 Å². The van der Waals surface area contributed by atoms with Gasteiger partial charge in [-0.25, -0.2) is 9.78 Å². The lowest BCUT2D eigenvalue weighted by molar-refractivity contribution is -0.150. The summed E-state index contributed by atoms with van der Waals surface area (Å²) in [7, 11) is -1.99. The number of aromatic nitrogens is 1. The number of halogens is 2. The molecule has 2 aromatic rings. The van der Waals surface area contributed by atoms with E-state index in [2.05, 4.69) is 4.98 Å². The van der Waals surface area contributed by atoms with E-state index < -0.39 is 13.9 Å². The van der Waals surface area contributed by atoms with Crippen molar-refractivity contribution in [1.82, 2.24) is 4.98 Å². The van der Waals surface area contributed by atoms with Gasteiger partial charge in [0.2, 0.25) is 14.2 Å². The van der Waals surface area contributed by atoms with E-state index in [1.165, 1.54) is 6.20 Å². The van der Waals surface area contributed by atoms with Gasteiger partial charge in [-0.3, -0.25) is 0 Å². The Bertz CT molecular complexity index is 789. The van der Waals surface area contributed by atoms with Gasteiger partial charge in [-0.15, -0.1) is 0 Å². The van der Waals surface area contributed by atoms with Crippen LogP contribution in [0.15, 0.2) is 36.5 Å². The molecule has 0 bridgehead atoms. The van der Waals surface area contributed by atoms with Gasteiger partial charge >= 0.3 is 5.97 Å². The van der Waals surface area contributed by atoms with Crippen LogP contribution >= 0.6 is 23.2 Å². The van der Waals surface area contributed by atoms with Gasteiger partial charge in [0, 0.05) is 6.20 Å². The maximum absolute atomic E-state index is 12.3. The van der Waals surface area contributed by atoms with Crippen LogP contribution in [0.3, 0.4) is 0 Å². The maximum Gasteiger partial charge on any atom is 0.336 e. The third-order valence-electron chi connectivity index (χ3n) is 3.08. The molecule has 1 heterocycles. The van der Waals surface area contributed by atoms with Crippen molar-refractivity contribution in [3.63, 3.8) is 0 Å². The number of rotatable bonds is 6. The molecule has 0 radical (unpaired) electrons. The summed E-state index contributed by atoms with van der Waals surface area (Å²) in [5.74, 6) is 0.916. The predicted octanol–water partition coefficient (Wildman–Crippen LogP) is 5.72. The number of nitrogens with zero attached hydrogens (tertiary/aromatic N) is 1. The standard InChI is InChI=1S/C18H21Cl2NO4Si/c1-18(2,17(22)25-26(3,4)5)24-14-8-6-13(7-9-14)23-16-15(20)10-12(19)11-21-16/h6-11H,1-5H3. The SMILES string of the molecule is CC(C)(Oc1ccc(Oc2ncc(Cl)cc2Cl)cc1)C(=O)O[Si](C)(C)C. The lowest BCUT2D eigenvalue weighted by Gasteiger charge is -2.28. The van der Waals surface area contributed by atoms with Crippen molar-refractivity contribution in [1.29, 1.82) is 0 Å². The molecule has 0 saturated carbocycles. The van der Waals surface area contributed by atoms with Crippen LogP contribution in [0.1, 0.15) is 13.8 Å². The molecule has 0 saturated heterocycles. The first-order valence-electron chi connectivity index (χ1n) is 7.98. The minimum Gasteiger partial charge on any atom is -0.517 e. The molecule has 8 heteroatoms. The van der Waals surface area contributed by atoms with E-state index in [9.17, 15) is 4.79 Å². The smallest absolute Gasteiger partial charge is 0.336 e. The number of pyridine rings is 1. The highest BCUT2D eigenvalue weighted by Gasteiger charge is 2.35. The largest absolute Gasteiger partial charge is 0.517 e. The molecule has 0 aliphatic rings. The monoisotopic (exact) mass is 413 g/mol. The Kier molecular flexibility index (Phi) is 6.21. The van der Waals surface area contributed by atoms with Gasteiger partial charge in [-0.05, 0) is 63.8 Å². The van der Waals surface area contributed by atoms with E-state index in [-0.39, 0.29) is 11.8 Å². The van der Waals surface area contributed by atoms with Gasteiger partial charge in [-0.1, -0.05) is 23.2 Å². The van der Waals surface area contributed by atoms with Crippen LogP contribution in [0.5, 0.6) is 17.4 Å². The fourth-order valence-electron chi connectivity index (χ4n) is 1.90. The van der Waals surface area contributed by atoms with Crippen molar-refractivity contribution in [3.8, 4) is 17.4 Å². The minimum atomic E-state index is -1.99. The van der Waals surface area contributed by atoms with Crippen molar-refractivity contribution in [3.05, 3.63) is 46.6 Å². The fraction of sp³-hybridized carbons (Fsp3) is 0.333. The summed E-state index contributed by atoms with van der Waals surface area (Å²) >= 11 is 11.9. The van der Waals surface area contributed by atoms with Crippen molar-refractivity contribution in [2.24, 2.45) is 0 Å². The van der Waals surface area contributed by atoms with Gasteiger partial charge in [0.05, 0.1) is 5.02 Å². The minimum absolute atomic E-state index is 0.253. The van der Waals surface area contributed by atoms with E-state index in [4.69, 9.17) is 37.1 Å². The fourth-order valence-corrected chi connectivity index (χ4v) is 3.12. The van der Waals surface area contributed by atoms with Crippen molar-refractivity contribution in [2.45, 2.75) is 39.1 Å². The molecular weight excluding hydrogens is 393 g/mol. The normalized spacial score (nSPS) is 11.8. The summed E-state index contributed by atoms with van der Waals surface area (Å²) in [6.45, 7) is 9.20. The summed E-state index contributed by atoms with van der Waals surface area (Å²) in [4.78, 5) is 16.3. The lowest BCUT2D eigenvalue weighted by atomic mass is 10.1. The Morgan fingerprint density at radius 1 is 1.08 bits per heavy atom. The first-order chi connectivity index (χ1) is 12.0. The van der Waals surface area contributed by atoms with E-state index in [0.29, 0.717) is 21.5 Å². The van der Waals surface area contributed by atoms with Crippen molar-refractivity contribution in [2.75, 3.05) is 0 Å². The molecule has 140 valence electrons. The van der Waals surface area contributed by atoms with Crippen LogP contribution in [0.4, 0.5) is 0 Å². The molecule has 0 amide bonds. The molecule has 5 nitrogen and oxygen atoms in total. The quantitative estimate of drug-likeness (QED) is 0.566. The highest BCUT2D eigenvalue weighted by Crippen LogP contribution is 2.30. The van der Waals surface area contributed by atoms with Crippen LogP contribution in [-0.4, -0.2) is 24.9 Å². The van der Waals surface area contributed by atoms with Crippen LogP contribution in [-0.2, 0) is 9.22 Å². The molecule has 0 unspecified atom stereocenters. The average molecular weight is 414 g/mol. The lowest BCUT2D eigenvalue weighted by Crippen LogP contribution is -2.44. The third kappa shape index (κ3) is 5.90. The topological polar surface area (TPSA) is 57.7 Å². The number of carbonyl (C=O) groups excluding carboxylic acids is 1. The van der Waals surface area contributed by atoms with Gasteiger partial charge < -0.3 is 13.9 Å². The second kappa shape index (κ2) is 7.86. The molecule has 26 heavy (non-hydrogen) atoms. The first-order valence-corrected chi connectivity index (χ1v) is 12.1. The Balaban J connectivity index is 2.06. The summed E-state index contributed by atoms with van der Waals surface area (Å²) in [5, 5.41) is 0.742. The van der Waals surface area contributed by atoms with Crippen molar-refractivity contribution < 1.29 is 18.7 Å². The molecule has 2 rings (SSSR count). The molecule has 0 spiro atoms. The van der Waals surface area contributed by atoms with Crippen LogP contribution in [0.2, 0.25) is 29.7 Å². The second-order valence-corrected chi connectivity index (χ2v) is 12.4. The Morgan fingerprint density at radius 2 is 1.65 bits per heavy atom. The number of hydrogen-bond donors (Lipinski definition) is 0. The maximum atomic E-state index is 12.3. The van der Waals surface area contributed by atoms with E-state index in [1.54, 1.807) is 44.2 Å². The van der Waals surface area contributed by atoms with Crippen molar-refractivity contribution >= 4 is 37.5 Å². The van der Waals surface area contributed by atoms with E-state index in [1.807, 2.05) is 19.6 Å². The molecule has 0 N–H and O–H groups in total. The van der Waals surface area contributed by atoms with Crippen LogP contribution in [0.25, 0.3) is 0 Å². The third-order valence-corrected chi connectivity index (χ3v) is 4.35. The van der Waals surface area contributed by atoms with Crippen LogP contribution in [0, 0.1) is 0 Å². The number of hydrogen-bond acceptors (Lipinski definition) is 5. The van der Waals surface area contributed by atoms with Gasteiger partial charge in [0.25, 0.3) is 0 Å². The number of ether oxygens (including phenoxy) is 2. The predicted molar refractivity (Wildman–Crippen MR) is 105 cm³/mol. The Morgan fingerprint density at radius 3 is 2.19 bits per heavy atom. The highest BCUT2D eigenvalue weighted by molar-refractivity contribution is 6.71. The number of benzene rings is 1. The molecular formula is C18H21Cl2NO4Si. The number of carbonyl (C=O) groups is 1.